The number of thiophene rings is 1. The van der Waals surface area contributed by atoms with Gasteiger partial charge in [-0.2, -0.15) is 0 Å². The van der Waals surface area contributed by atoms with Crippen LogP contribution in [0.15, 0.2) is 22.5 Å². The Morgan fingerprint density at radius 1 is 1.67 bits per heavy atom. The van der Waals surface area contributed by atoms with Gasteiger partial charge in [0.15, 0.2) is 0 Å². The molecule has 1 N–H and O–H groups in total. The lowest BCUT2D eigenvalue weighted by Gasteiger charge is -2.13. The standard InChI is InChI=1S/C8H11N3S/c1-2-8(12-5-1)6-10-11-4-3-9-7-11/h1-2,5,7,10H,3-4,6H2. The van der Waals surface area contributed by atoms with Gasteiger partial charge in [-0.05, 0) is 11.4 Å². The molecule has 4 heteroatoms. The minimum absolute atomic E-state index is 0.906. The molecule has 0 amide bonds. The molecule has 2 rings (SSSR count). The van der Waals surface area contributed by atoms with E-state index < -0.39 is 0 Å². The van der Waals surface area contributed by atoms with E-state index in [1.165, 1.54) is 4.88 Å². The van der Waals surface area contributed by atoms with E-state index in [2.05, 4.69) is 27.9 Å². The minimum Gasteiger partial charge on any atom is -0.296 e. The molecule has 1 aromatic rings. The van der Waals surface area contributed by atoms with Gasteiger partial charge in [0.2, 0.25) is 0 Å². The smallest absolute Gasteiger partial charge is 0.0993 e. The molecular formula is C8H11N3S. The third-order valence-electron chi connectivity index (χ3n) is 1.73. The number of rotatable bonds is 3. The molecule has 2 heterocycles. The molecule has 3 nitrogen and oxygen atoms in total. The molecule has 0 radical (unpaired) electrons. The van der Waals surface area contributed by atoms with Crippen LogP contribution in [0.1, 0.15) is 4.88 Å². The van der Waals surface area contributed by atoms with Crippen LogP contribution in [0, 0.1) is 0 Å². The number of nitrogens with one attached hydrogen (secondary N) is 1. The molecule has 0 aliphatic carbocycles. The molecule has 1 aromatic heterocycles. The summed E-state index contributed by atoms with van der Waals surface area (Å²) < 4.78 is 0. The van der Waals surface area contributed by atoms with Crippen LogP contribution in [0.5, 0.6) is 0 Å². The van der Waals surface area contributed by atoms with E-state index in [4.69, 9.17) is 0 Å². The third-order valence-corrected chi connectivity index (χ3v) is 2.60. The largest absolute Gasteiger partial charge is 0.296 e. The second-order valence-electron chi connectivity index (χ2n) is 2.63. The molecule has 64 valence electrons. The van der Waals surface area contributed by atoms with Crippen LogP contribution in [0.4, 0.5) is 0 Å². The molecule has 0 atom stereocenters. The molecular weight excluding hydrogens is 170 g/mol. The van der Waals surface area contributed by atoms with Crippen molar-refractivity contribution >= 4 is 17.7 Å². The van der Waals surface area contributed by atoms with Crippen molar-refractivity contribution in [3.05, 3.63) is 22.4 Å². The Hall–Kier alpha value is -0.870. The topological polar surface area (TPSA) is 27.6 Å². The first-order chi connectivity index (χ1) is 5.95. The number of aliphatic imine (C=N–C) groups is 1. The van der Waals surface area contributed by atoms with E-state index in [-0.39, 0.29) is 0 Å². The van der Waals surface area contributed by atoms with Crippen molar-refractivity contribution in [3.8, 4) is 0 Å². The van der Waals surface area contributed by atoms with Crippen LogP contribution in [0.25, 0.3) is 0 Å². The maximum Gasteiger partial charge on any atom is 0.0993 e. The van der Waals surface area contributed by atoms with Crippen molar-refractivity contribution in [2.45, 2.75) is 6.54 Å². The summed E-state index contributed by atoms with van der Waals surface area (Å²) in [6, 6.07) is 4.20. The van der Waals surface area contributed by atoms with E-state index in [0.717, 1.165) is 19.6 Å². The highest BCUT2D eigenvalue weighted by atomic mass is 32.1. The molecule has 0 saturated carbocycles. The number of hydrazine groups is 1. The second kappa shape index (κ2) is 3.69. The lowest BCUT2D eigenvalue weighted by atomic mass is 10.5. The van der Waals surface area contributed by atoms with Crippen molar-refractivity contribution in [1.82, 2.24) is 10.4 Å². The summed E-state index contributed by atoms with van der Waals surface area (Å²) in [5.41, 5.74) is 3.28. The van der Waals surface area contributed by atoms with Crippen molar-refractivity contribution in [1.29, 1.82) is 0 Å². The monoisotopic (exact) mass is 181 g/mol. The van der Waals surface area contributed by atoms with Gasteiger partial charge in [-0.3, -0.25) is 10.0 Å². The molecule has 0 aromatic carbocycles. The Morgan fingerprint density at radius 2 is 2.67 bits per heavy atom. The fraction of sp³-hybridized carbons (Fsp3) is 0.375. The zero-order valence-electron chi connectivity index (χ0n) is 6.73. The van der Waals surface area contributed by atoms with E-state index in [1.807, 2.05) is 11.3 Å². The van der Waals surface area contributed by atoms with Gasteiger partial charge in [-0.15, -0.1) is 11.3 Å². The SMILES string of the molecule is C1=NCCN1NCc1cccs1. The molecule has 0 spiro atoms. The third kappa shape index (κ3) is 1.84. The molecule has 0 saturated heterocycles. The molecule has 0 fully saturated rings. The van der Waals surface area contributed by atoms with Crippen molar-refractivity contribution in [2.75, 3.05) is 13.1 Å². The highest BCUT2D eigenvalue weighted by molar-refractivity contribution is 7.09. The zero-order valence-corrected chi connectivity index (χ0v) is 7.55. The fourth-order valence-corrected chi connectivity index (χ4v) is 1.73. The number of nitrogens with zero attached hydrogens (tertiary/aromatic N) is 2. The van der Waals surface area contributed by atoms with Gasteiger partial charge in [-0.1, -0.05) is 6.07 Å². The van der Waals surface area contributed by atoms with Crippen LogP contribution in [0.3, 0.4) is 0 Å². The first kappa shape index (κ1) is 7.76. The van der Waals surface area contributed by atoms with Gasteiger partial charge in [0.05, 0.1) is 19.4 Å². The Bertz CT molecular complexity index is 255. The van der Waals surface area contributed by atoms with Crippen LogP contribution >= 0.6 is 11.3 Å². The Labute approximate surface area is 75.7 Å². The summed E-state index contributed by atoms with van der Waals surface area (Å²) >= 11 is 1.77. The van der Waals surface area contributed by atoms with Gasteiger partial charge in [0.25, 0.3) is 0 Å². The predicted octanol–water partition coefficient (Wildman–Crippen LogP) is 1.10. The normalized spacial score (nSPS) is 15.8. The number of hydrogen-bond donors (Lipinski definition) is 1. The van der Waals surface area contributed by atoms with E-state index >= 15 is 0 Å². The summed E-state index contributed by atoms with van der Waals surface area (Å²) in [6.07, 6.45) is 1.85. The molecule has 0 bridgehead atoms. The summed E-state index contributed by atoms with van der Waals surface area (Å²) in [6.45, 7) is 2.81. The maximum atomic E-state index is 4.11. The van der Waals surface area contributed by atoms with Gasteiger partial charge in [-0.25, -0.2) is 5.43 Å². The maximum absolute atomic E-state index is 4.11. The predicted molar refractivity (Wildman–Crippen MR) is 51.2 cm³/mol. The van der Waals surface area contributed by atoms with Crippen LogP contribution < -0.4 is 5.43 Å². The minimum atomic E-state index is 0.906. The molecule has 0 unspecified atom stereocenters. The molecule has 1 aliphatic rings. The van der Waals surface area contributed by atoms with Crippen LogP contribution in [-0.4, -0.2) is 24.4 Å². The van der Waals surface area contributed by atoms with Gasteiger partial charge in [0.1, 0.15) is 0 Å². The van der Waals surface area contributed by atoms with E-state index in [1.54, 1.807) is 11.3 Å². The summed E-state index contributed by atoms with van der Waals surface area (Å²) in [7, 11) is 0. The van der Waals surface area contributed by atoms with Gasteiger partial charge >= 0.3 is 0 Å². The van der Waals surface area contributed by atoms with Crippen LogP contribution in [0.2, 0.25) is 0 Å². The highest BCUT2D eigenvalue weighted by Gasteiger charge is 2.03. The molecule has 1 aliphatic heterocycles. The van der Waals surface area contributed by atoms with Gasteiger partial charge < -0.3 is 0 Å². The lowest BCUT2D eigenvalue weighted by molar-refractivity contribution is 0.340. The second-order valence-corrected chi connectivity index (χ2v) is 3.66. The fourth-order valence-electron chi connectivity index (χ4n) is 1.09. The Balaban J connectivity index is 1.78. The Morgan fingerprint density at radius 3 is 3.33 bits per heavy atom. The average Bonchev–Trinajstić information content (AvgIpc) is 2.74. The highest BCUT2D eigenvalue weighted by Crippen LogP contribution is 2.07. The van der Waals surface area contributed by atoms with E-state index in [0.29, 0.717) is 0 Å². The summed E-state index contributed by atoms with van der Waals surface area (Å²) in [4.78, 5) is 5.46. The Kier molecular flexibility index (Phi) is 2.39. The van der Waals surface area contributed by atoms with E-state index in [9.17, 15) is 0 Å². The van der Waals surface area contributed by atoms with Gasteiger partial charge in [0, 0.05) is 11.4 Å². The van der Waals surface area contributed by atoms with Crippen molar-refractivity contribution in [2.24, 2.45) is 4.99 Å². The summed E-state index contributed by atoms with van der Waals surface area (Å²) in [5.74, 6) is 0. The number of hydrogen-bond acceptors (Lipinski definition) is 4. The lowest BCUT2D eigenvalue weighted by Crippen LogP contribution is -2.34. The first-order valence-corrected chi connectivity index (χ1v) is 4.85. The van der Waals surface area contributed by atoms with Crippen LogP contribution in [-0.2, 0) is 6.54 Å². The van der Waals surface area contributed by atoms with Crippen molar-refractivity contribution in [3.63, 3.8) is 0 Å². The zero-order chi connectivity index (χ0) is 8.23. The first-order valence-electron chi connectivity index (χ1n) is 3.97. The summed E-state index contributed by atoms with van der Waals surface area (Å²) in [5, 5.41) is 4.12. The average molecular weight is 181 g/mol. The molecule has 12 heavy (non-hydrogen) atoms. The van der Waals surface area contributed by atoms with Crippen molar-refractivity contribution < 1.29 is 0 Å². The quantitative estimate of drug-likeness (QED) is 0.756.